The molecule has 1 fully saturated rings. The van der Waals surface area contributed by atoms with Crippen LogP contribution in [0.1, 0.15) is 18.9 Å². The van der Waals surface area contributed by atoms with E-state index in [0.29, 0.717) is 6.54 Å². The molecule has 1 amide bonds. The maximum absolute atomic E-state index is 12.0. The maximum Gasteiger partial charge on any atom is 0.227 e. The molecule has 0 aromatic carbocycles. The van der Waals surface area contributed by atoms with Crippen LogP contribution < -0.4 is 10.6 Å². The fourth-order valence-electron chi connectivity index (χ4n) is 1.91. The summed E-state index contributed by atoms with van der Waals surface area (Å²) >= 11 is 0. The zero-order valence-corrected chi connectivity index (χ0v) is 11.9. The Bertz CT molecular complexity index is 367. The van der Waals surface area contributed by atoms with Gasteiger partial charge in [-0.2, -0.15) is 0 Å². The lowest BCUT2D eigenvalue weighted by Gasteiger charge is -2.21. The summed E-state index contributed by atoms with van der Waals surface area (Å²) in [6, 6.07) is 3.84. The fraction of sp³-hybridized carbons (Fsp3) is 0.500. The zero-order chi connectivity index (χ0) is 11.4. The standard InChI is InChI=1S/C12H17N3O.2ClH/c1-12(4-6-14-9-12)11(16)15-8-10-3-2-5-13-7-10;;/h2-3,5,7,14H,4,6,8-9H2,1H3,(H,15,16);2*1H. The van der Waals surface area contributed by atoms with Crippen LogP contribution in [0.4, 0.5) is 0 Å². The van der Waals surface area contributed by atoms with E-state index in [1.807, 2.05) is 19.1 Å². The first-order valence-electron chi connectivity index (χ1n) is 5.59. The number of hydrogen-bond acceptors (Lipinski definition) is 3. The molecule has 18 heavy (non-hydrogen) atoms. The number of aromatic nitrogens is 1. The second kappa shape index (κ2) is 7.56. The van der Waals surface area contributed by atoms with Crippen molar-refractivity contribution in [3.63, 3.8) is 0 Å². The van der Waals surface area contributed by atoms with Gasteiger partial charge in [-0.25, -0.2) is 0 Å². The summed E-state index contributed by atoms with van der Waals surface area (Å²) in [6.45, 7) is 4.26. The molecule has 1 aliphatic heterocycles. The third kappa shape index (κ3) is 4.12. The molecule has 0 bridgehead atoms. The molecule has 1 saturated heterocycles. The van der Waals surface area contributed by atoms with Crippen LogP contribution in [0.5, 0.6) is 0 Å². The summed E-state index contributed by atoms with van der Waals surface area (Å²) in [5, 5.41) is 6.18. The number of rotatable bonds is 3. The van der Waals surface area contributed by atoms with Gasteiger partial charge in [-0.15, -0.1) is 24.8 Å². The number of pyridine rings is 1. The molecule has 2 heterocycles. The van der Waals surface area contributed by atoms with Crippen LogP contribution in [0, 0.1) is 5.41 Å². The largest absolute Gasteiger partial charge is 0.351 e. The van der Waals surface area contributed by atoms with Crippen molar-refractivity contribution in [2.24, 2.45) is 5.41 Å². The second-order valence-electron chi connectivity index (χ2n) is 4.53. The zero-order valence-electron chi connectivity index (χ0n) is 10.3. The summed E-state index contributed by atoms with van der Waals surface area (Å²) in [6.07, 6.45) is 4.41. The highest BCUT2D eigenvalue weighted by atomic mass is 35.5. The van der Waals surface area contributed by atoms with Crippen molar-refractivity contribution >= 4 is 30.7 Å². The van der Waals surface area contributed by atoms with E-state index >= 15 is 0 Å². The van der Waals surface area contributed by atoms with Gasteiger partial charge in [0, 0.05) is 25.5 Å². The van der Waals surface area contributed by atoms with Crippen molar-refractivity contribution in [2.75, 3.05) is 13.1 Å². The van der Waals surface area contributed by atoms with Crippen LogP contribution in [0.25, 0.3) is 0 Å². The Morgan fingerprint density at radius 2 is 2.33 bits per heavy atom. The molecule has 0 aliphatic carbocycles. The number of halogens is 2. The number of amides is 1. The smallest absolute Gasteiger partial charge is 0.227 e. The van der Waals surface area contributed by atoms with Crippen molar-refractivity contribution in [1.82, 2.24) is 15.6 Å². The molecule has 1 aromatic rings. The lowest BCUT2D eigenvalue weighted by Crippen LogP contribution is -2.40. The first kappa shape index (κ1) is 17.2. The second-order valence-corrected chi connectivity index (χ2v) is 4.53. The molecule has 6 heteroatoms. The van der Waals surface area contributed by atoms with Crippen molar-refractivity contribution in [3.05, 3.63) is 30.1 Å². The molecule has 0 radical (unpaired) electrons. The summed E-state index contributed by atoms with van der Waals surface area (Å²) in [7, 11) is 0. The highest BCUT2D eigenvalue weighted by molar-refractivity contribution is 5.85. The summed E-state index contributed by atoms with van der Waals surface area (Å²) < 4.78 is 0. The molecular weight excluding hydrogens is 273 g/mol. The van der Waals surface area contributed by atoms with Gasteiger partial charge >= 0.3 is 0 Å². The number of nitrogens with zero attached hydrogens (tertiary/aromatic N) is 1. The van der Waals surface area contributed by atoms with Gasteiger partial charge < -0.3 is 10.6 Å². The maximum atomic E-state index is 12.0. The monoisotopic (exact) mass is 291 g/mol. The van der Waals surface area contributed by atoms with Crippen molar-refractivity contribution in [1.29, 1.82) is 0 Å². The molecule has 1 aromatic heterocycles. The van der Waals surface area contributed by atoms with E-state index in [-0.39, 0.29) is 36.1 Å². The van der Waals surface area contributed by atoms with E-state index in [1.54, 1.807) is 12.4 Å². The van der Waals surface area contributed by atoms with Crippen molar-refractivity contribution in [3.8, 4) is 0 Å². The Balaban J connectivity index is 0.00000144. The normalized spacial score (nSPS) is 21.6. The van der Waals surface area contributed by atoms with Gasteiger partial charge in [-0.3, -0.25) is 9.78 Å². The average Bonchev–Trinajstić information content (AvgIpc) is 2.76. The van der Waals surface area contributed by atoms with Gasteiger partial charge in [0.15, 0.2) is 0 Å². The lowest BCUT2D eigenvalue weighted by atomic mass is 9.89. The van der Waals surface area contributed by atoms with E-state index < -0.39 is 0 Å². The average molecular weight is 292 g/mol. The van der Waals surface area contributed by atoms with E-state index in [0.717, 1.165) is 25.1 Å². The molecule has 1 aliphatic rings. The van der Waals surface area contributed by atoms with Gasteiger partial charge in [-0.1, -0.05) is 6.07 Å². The molecule has 102 valence electrons. The molecular formula is C12H19Cl2N3O. The highest BCUT2D eigenvalue weighted by Crippen LogP contribution is 2.24. The summed E-state index contributed by atoms with van der Waals surface area (Å²) in [4.78, 5) is 16.0. The van der Waals surface area contributed by atoms with Crippen molar-refractivity contribution < 1.29 is 4.79 Å². The summed E-state index contributed by atoms with van der Waals surface area (Å²) in [5.74, 6) is 0.126. The molecule has 0 saturated carbocycles. The molecule has 4 nitrogen and oxygen atoms in total. The van der Waals surface area contributed by atoms with Gasteiger partial charge in [0.2, 0.25) is 5.91 Å². The van der Waals surface area contributed by atoms with Gasteiger partial charge in [0.1, 0.15) is 0 Å². The minimum absolute atomic E-state index is 0. The van der Waals surface area contributed by atoms with Crippen LogP contribution in [0.2, 0.25) is 0 Å². The summed E-state index contributed by atoms with van der Waals surface area (Å²) in [5.41, 5.74) is 0.785. The van der Waals surface area contributed by atoms with Crippen LogP contribution in [-0.4, -0.2) is 24.0 Å². The number of nitrogens with one attached hydrogen (secondary N) is 2. The Hall–Kier alpha value is -0.840. The Morgan fingerprint density at radius 1 is 1.56 bits per heavy atom. The SMILES string of the molecule is CC1(C(=O)NCc2cccnc2)CCNC1.Cl.Cl. The van der Waals surface area contributed by atoms with Gasteiger partial charge in [0.25, 0.3) is 0 Å². The van der Waals surface area contributed by atoms with E-state index in [4.69, 9.17) is 0 Å². The quantitative estimate of drug-likeness (QED) is 0.888. The molecule has 2 N–H and O–H groups in total. The Labute approximate surface area is 120 Å². The van der Waals surface area contributed by atoms with E-state index in [9.17, 15) is 4.79 Å². The topological polar surface area (TPSA) is 54.0 Å². The first-order chi connectivity index (χ1) is 7.71. The lowest BCUT2D eigenvalue weighted by molar-refractivity contribution is -0.129. The number of hydrogen-bond donors (Lipinski definition) is 2. The fourth-order valence-corrected chi connectivity index (χ4v) is 1.91. The minimum atomic E-state index is -0.248. The highest BCUT2D eigenvalue weighted by Gasteiger charge is 2.35. The van der Waals surface area contributed by atoms with Crippen LogP contribution in [-0.2, 0) is 11.3 Å². The predicted octanol–water partition coefficient (Wildman–Crippen LogP) is 1.54. The van der Waals surface area contributed by atoms with Crippen LogP contribution in [0.15, 0.2) is 24.5 Å². The number of carbonyl (C=O) groups is 1. The van der Waals surface area contributed by atoms with E-state index in [2.05, 4.69) is 15.6 Å². The van der Waals surface area contributed by atoms with E-state index in [1.165, 1.54) is 0 Å². The number of carbonyl (C=O) groups excluding carboxylic acids is 1. The molecule has 2 rings (SSSR count). The molecule has 0 spiro atoms. The first-order valence-corrected chi connectivity index (χ1v) is 5.59. The molecule has 1 atom stereocenters. The van der Waals surface area contributed by atoms with Crippen LogP contribution >= 0.6 is 24.8 Å². The van der Waals surface area contributed by atoms with Gasteiger partial charge in [-0.05, 0) is 31.5 Å². The molecule has 1 unspecified atom stereocenters. The Morgan fingerprint density at radius 3 is 2.89 bits per heavy atom. The third-order valence-corrected chi connectivity index (χ3v) is 3.09. The van der Waals surface area contributed by atoms with Crippen molar-refractivity contribution in [2.45, 2.75) is 19.9 Å². The Kier molecular flexibility index (Phi) is 7.21. The third-order valence-electron chi connectivity index (χ3n) is 3.09. The van der Waals surface area contributed by atoms with Gasteiger partial charge in [0.05, 0.1) is 5.41 Å². The predicted molar refractivity (Wildman–Crippen MR) is 76.2 cm³/mol. The minimum Gasteiger partial charge on any atom is -0.351 e. The van der Waals surface area contributed by atoms with Crippen LogP contribution in [0.3, 0.4) is 0 Å².